The summed E-state index contributed by atoms with van der Waals surface area (Å²) >= 11 is 0. The lowest BCUT2D eigenvalue weighted by molar-refractivity contribution is -0.121. The molecule has 0 N–H and O–H groups in total. The van der Waals surface area contributed by atoms with Crippen molar-refractivity contribution >= 4 is 11.6 Å². The molecule has 0 radical (unpaired) electrons. The van der Waals surface area contributed by atoms with Gasteiger partial charge in [0.2, 0.25) is 0 Å². The molecule has 1 aliphatic carbocycles. The van der Waals surface area contributed by atoms with E-state index in [-0.39, 0.29) is 17.5 Å². The Morgan fingerprint density at radius 1 is 1.41 bits per heavy atom. The van der Waals surface area contributed by atoms with Crippen molar-refractivity contribution in [2.45, 2.75) is 25.7 Å². The molecule has 1 unspecified atom stereocenters. The molecule has 1 atom stereocenters. The van der Waals surface area contributed by atoms with Crippen LogP contribution in [0.3, 0.4) is 0 Å². The van der Waals surface area contributed by atoms with Crippen LogP contribution >= 0.6 is 0 Å². The third-order valence-corrected chi connectivity index (χ3v) is 3.21. The monoisotopic (exact) mass is 232 g/mol. The van der Waals surface area contributed by atoms with Crippen molar-refractivity contribution in [1.82, 2.24) is 0 Å². The highest BCUT2D eigenvalue weighted by Crippen LogP contribution is 2.26. The van der Waals surface area contributed by atoms with Gasteiger partial charge in [-0.2, -0.15) is 0 Å². The maximum absolute atomic E-state index is 12.2. The van der Waals surface area contributed by atoms with E-state index in [2.05, 4.69) is 0 Å². The molecule has 3 heteroatoms. The number of benzene rings is 1. The molecule has 1 aromatic rings. The number of hydrogen-bond acceptors (Lipinski definition) is 3. The zero-order chi connectivity index (χ0) is 12.3. The molecule has 0 amide bonds. The number of carbonyl (C=O) groups excluding carboxylic acids is 2. The van der Waals surface area contributed by atoms with Crippen LogP contribution < -0.4 is 4.74 Å². The third kappa shape index (κ3) is 2.73. The molecule has 2 rings (SSSR count). The van der Waals surface area contributed by atoms with Gasteiger partial charge < -0.3 is 4.74 Å². The van der Waals surface area contributed by atoms with E-state index in [0.29, 0.717) is 24.2 Å². The van der Waals surface area contributed by atoms with Crippen molar-refractivity contribution in [1.29, 1.82) is 0 Å². The normalized spacial score (nSPS) is 20.1. The predicted octanol–water partition coefficient (Wildman–Crippen LogP) is 2.64. The zero-order valence-corrected chi connectivity index (χ0v) is 9.94. The van der Waals surface area contributed by atoms with Crippen LogP contribution in [0.4, 0.5) is 0 Å². The molecule has 1 saturated carbocycles. The summed E-state index contributed by atoms with van der Waals surface area (Å²) in [6.45, 7) is 0. The molecule has 0 saturated heterocycles. The lowest BCUT2D eigenvalue weighted by Crippen LogP contribution is -2.22. The van der Waals surface area contributed by atoms with Gasteiger partial charge in [0.1, 0.15) is 11.5 Å². The van der Waals surface area contributed by atoms with Crippen LogP contribution in [0.1, 0.15) is 36.0 Å². The van der Waals surface area contributed by atoms with E-state index in [0.717, 1.165) is 12.8 Å². The smallest absolute Gasteiger partial charge is 0.166 e. The second-order valence-corrected chi connectivity index (χ2v) is 4.43. The fourth-order valence-electron chi connectivity index (χ4n) is 2.26. The highest BCUT2D eigenvalue weighted by atomic mass is 16.5. The lowest BCUT2D eigenvalue weighted by Gasteiger charge is -2.19. The van der Waals surface area contributed by atoms with Crippen LogP contribution in [0.25, 0.3) is 0 Å². The summed E-state index contributed by atoms with van der Waals surface area (Å²) in [6.07, 6.45) is 2.68. The predicted molar refractivity (Wildman–Crippen MR) is 64.3 cm³/mol. The Bertz CT molecular complexity index is 437. The molecule has 0 spiro atoms. The van der Waals surface area contributed by atoms with E-state index in [4.69, 9.17) is 4.74 Å². The van der Waals surface area contributed by atoms with Crippen LogP contribution in [-0.4, -0.2) is 18.7 Å². The molecule has 17 heavy (non-hydrogen) atoms. The summed E-state index contributed by atoms with van der Waals surface area (Å²) in [4.78, 5) is 23.6. The fraction of sp³-hybridized carbons (Fsp3) is 0.429. The van der Waals surface area contributed by atoms with Gasteiger partial charge in [0.25, 0.3) is 0 Å². The molecule has 0 bridgehead atoms. The van der Waals surface area contributed by atoms with Gasteiger partial charge in [0.15, 0.2) is 5.78 Å². The SMILES string of the molecule is COc1cccc(C(=O)C2CCCC(=O)C2)c1. The summed E-state index contributed by atoms with van der Waals surface area (Å²) < 4.78 is 5.09. The van der Waals surface area contributed by atoms with Gasteiger partial charge in [-0.1, -0.05) is 12.1 Å². The Labute approximate surface area is 101 Å². The third-order valence-electron chi connectivity index (χ3n) is 3.21. The summed E-state index contributed by atoms with van der Waals surface area (Å²) in [5.74, 6) is 0.816. The first kappa shape index (κ1) is 11.8. The first-order chi connectivity index (χ1) is 8.20. The highest BCUT2D eigenvalue weighted by Gasteiger charge is 2.26. The van der Waals surface area contributed by atoms with Gasteiger partial charge >= 0.3 is 0 Å². The summed E-state index contributed by atoms with van der Waals surface area (Å²) in [5.41, 5.74) is 0.643. The van der Waals surface area contributed by atoms with Crippen LogP contribution in [0.15, 0.2) is 24.3 Å². The van der Waals surface area contributed by atoms with Gasteiger partial charge in [0.05, 0.1) is 7.11 Å². The molecule has 0 heterocycles. The van der Waals surface area contributed by atoms with Crippen LogP contribution in [0.5, 0.6) is 5.75 Å². The van der Waals surface area contributed by atoms with E-state index in [1.807, 2.05) is 6.07 Å². The molecule has 0 aliphatic heterocycles. The van der Waals surface area contributed by atoms with Gasteiger partial charge in [-0.25, -0.2) is 0 Å². The standard InChI is InChI=1S/C14H16O3/c1-17-13-7-3-5-11(9-13)14(16)10-4-2-6-12(15)8-10/h3,5,7,9-10H,2,4,6,8H2,1H3. The van der Waals surface area contributed by atoms with Crippen molar-refractivity contribution in [2.24, 2.45) is 5.92 Å². The van der Waals surface area contributed by atoms with Gasteiger partial charge in [-0.05, 0) is 25.0 Å². The van der Waals surface area contributed by atoms with Gasteiger partial charge in [0, 0.05) is 24.3 Å². The molecule has 1 fully saturated rings. The van der Waals surface area contributed by atoms with Gasteiger partial charge in [-0.15, -0.1) is 0 Å². The van der Waals surface area contributed by atoms with Gasteiger partial charge in [-0.3, -0.25) is 9.59 Å². The average Bonchev–Trinajstić information content (AvgIpc) is 2.38. The number of ether oxygens (including phenoxy) is 1. The topological polar surface area (TPSA) is 43.4 Å². The second-order valence-electron chi connectivity index (χ2n) is 4.43. The van der Waals surface area contributed by atoms with Crippen molar-refractivity contribution in [3.63, 3.8) is 0 Å². The number of methoxy groups -OCH3 is 1. The Balaban J connectivity index is 2.15. The number of ketones is 2. The van der Waals surface area contributed by atoms with Crippen LogP contribution in [0, 0.1) is 5.92 Å². The largest absolute Gasteiger partial charge is 0.497 e. The lowest BCUT2D eigenvalue weighted by atomic mass is 9.83. The molecule has 1 aliphatic rings. The van der Waals surface area contributed by atoms with Crippen molar-refractivity contribution < 1.29 is 14.3 Å². The fourth-order valence-corrected chi connectivity index (χ4v) is 2.26. The average molecular weight is 232 g/mol. The van der Waals surface area contributed by atoms with Crippen LogP contribution in [0.2, 0.25) is 0 Å². The molecule has 3 nitrogen and oxygen atoms in total. The maximum Gasteiger partial charge on any atom is 0.166 e. The molecule has 0 aromatic heterocycles. The Morgan fingerprint density at radius 2 is 2.24 bits per heavy atom. The summed E-state index contributed by atoms with van der Waals surface area (Å²) in [6, 6.07) is 7.13. The van der Waals surface area contributed by atoms with E-state index in [1.165, 1.54) is 0 Å². The number of carbonyl (C=O) groups is 2. The number of hydrogen-bond donors (Lipinski definition) is 0. The summed E-state index contributed by atoms with van der Waals surface area (Å²) in [7, 11) is 1.58. The molecular formula is C14H16O3. The van der Waals surface area contributed by atoms with Crippen molar-refractivity contribution in [2.75, 3.05) is 7.11 Å². The minimum absolute atomic E-state index is 0.0666. The minimum Gasteiger partial charge on any atom is -0.497 e. The number of rotatable bonds is 3. The minimum atomic E-state index is -0.136. The van der Waals surface area contributed by atoms with E-state index in [1.54, 1.807) is 25.3 Å². The molecule has 1 aromatic carbocycles. The molecular weight excluding hydrogens is 216 g/mol. The first-order valence-corrected chi connectivity index (χ1v) is 5.90. The first-order valence-electron chi connectivity index (χ1n) is 5.90. The quantitative estimate of drug-likeness (QED) is 0.752. The van der Waals surface area contributed by atoms with E-state index < -0.39 is 0 Å². The maximum atomic E-state index is 12.2. The Kier molecular flexibility index (Phi) is 3.57. The Morgan fingerprint density at radius 3 is 2.94 bits per heavy atom. The Hall–Kier alpha value is -1.64. The highest BCUT2D eigenvalue weighted by molar-refractivity contribution is 6.00. The number of Topliss-reactive ketones (excluding diaryl/α,β-unsaturated/α-hetero) is 2. The second kappa shape index (κ2) is 5.13. The molecule has 90 valence electrons. The van der Waals surface area contributed by atoms with Crippen LogP contribution in [-0.2, 0) is 4.79 Å². The van der Waals surface area contributed by atoms with Crippen molar-refractivity contribution in [3.8, 4) is 5.75 Å². The summed E-state index contributed by atoms with van der Waals surface area (Å²) in [5, 5.41) is 0. The van der Waals surface area contributed by atoms with Crippen molar-refractivity contribution in [3.05, 3.63) is 29.8 Å². The van der Waals surface area contributed by atoms with E-state index in [9.17, 15) is 9.59 Å². The van der Waals surface area contributed by atoms with E-state index >= 15 is 0 Å². The zero-order valence-electron chi connectivity index (χ0n) is 9.94.